The highest BCUT2D eigenvalue weighted by molar-refractivity contribution is 7.10. The Labute approximate surface area is 190 Å². The van der Waals surface area contributed by atoms with Gasteiger partial charge in [0.05, 0.1) is 17.8 Å². The second kappa shape index (κ2) is 8.55. The zero-order valence-electron chi connectivity index (χ0n) is 17.7. The van der Waals surface area contributed by atoms with E-state index < -0.39 is 0 Å². The standard InChI is InChI=1S/C26H23N3O2S/c1-16-23(26(31)29-19-9-5-11-27-15-19)25(22-10-6-12-32-22)24-20(28-16)13-18(14-21(24)30)17-7-3-2-4-8-17/h2-12,15,18,25,28H,13-14H2,1H3,(H,29,31). The summed E-state index contributed by atoms with van der Waals surface area (Å²) in [6.07, 6.45) is 4.48. The number of amides is 1. The Hall–Kier alpha value is -3.51. The van der Waals surface area contributed by atoms with Crippen molar-refractivity contribution >= 4 is 28.7 Å². The van der Waals surface area contributed by atoms with Gasteiger partial charge in [-0.2, -0.15) is 0 Å². The van der Waals surface area contributed by atoms with Gasteiger partial charge in [0.25, 0.3) is 5.91 Å². The number of Topliss-reactive ketones (excluding diaryl/α,β-unsaturated/α-hetero) is 1. The molecule has 2 atom stereocenters. The second-order valence-electron chi connectivity index (χ2n) is 8.14. The van der Waals surface area contributed by atoms with Crippen molar-refractivity contribution in [1.29, 1.82) is 0 Å². The van der Waals surface area contributed by atoms with Crippen LogP contribution < -0.4 is 10.6 Å². The minimum atomic E-state index is -0.368. The fourth-order valence-corrected chi connectivity index (χ4v) is 5.52. The maximum absolute atomic E-state index is 13.5. The Kier molecular flexibility index (Phi) is 5.45. The van der Waals surface area contributed by atoms with Crippen LogP contribution in [-0.4, -0.2) is 16.7 Å². The molecule has 2 N–H and O–H groups in total. The number of anilines is 1. The third-order valence-corrected chi connectivity index (χ3v) is 7.03. The number of pyridine rings is 1. The van der Waals surface area contributed by atoms with Gasteiger partial charge in [0.15, 0.2) is 5.78 Å². The normalized spacial score (nSPS) is 20.6. The van der Waals surface area contributed by atoms with Crippen LogP contribution in [0.3, 0.4) is 0 Å². The number of nitrogens with zero attached hydrogens (tertiary/aromatic N) is 1. The lowest BCUT2D eigenvalue weighted by atomic mass is 9.73. The van der Waals surface area contributed by atoms with E-state index in [0.29, 0.717) is 17.7 Å². The Morgan fingerprint density at radius 2 is 1.94 bits per heavy atom. The molecule has 2 unspecified atom stereocenters. The number of thiophene rings is 1. The number of dihydropyridines is 1. The molecule has 5 nitrogen and oxygen atoms in total. The summed E-state index contributed by atoms with van der Waals surface area (Å²) >= 11 is 1.57. The molecule has 160 valence electrons. The first-order valence-corrected chi connectivity index (χ1v) is 11.5. The van der Waals surface area contributed by atoms with Gasteiger partial charge in [-0.3, -0.25) is 14.6 Å². The van der Waals surface area contributed by atoms with Gasteiger partial charge in [0, 0.05) is 40.0 Å². The van der Waals surface area contributed by atoms with E-state index in [4.69, 9.17) is 0 Å². The van der Waals surface area contributed by atoms with E-state index in [1.165, 1.54) is 5.56 Å². The molecular weight excluding hydrogens is 418 g/mol. The summed E-state index contributed by atoms with van der Waals surface area (Å²) in [4.78, 5) is 32.0. The van der Waals surface area contributed by atoms with Crippen molar-refractivity contribution in [1.82, 2.24) is 10.3 Å². The van der Waals surface area contributed by atoms with Crippen LogP contribution >= 0.6 is 11.3 Å². The SMILES string of the molecule is CC1=C(C(=O)Nc2cccnc2)C(c2cccs2)C2=C(CC(c3ccccc3)CC2=O)N1. The zero-order valence-corrected chi connectivity index (χ0v) is 18.5. The smallest absolute Gasteiger partial charge is 0.254 e. The van der Waals surface area contributed by atoms with Gasteiger partial charge >= 0.3 is 0 Å². The Balaban J connectivity index is 1.53. The second-order valence-corrected chi connectivity index (χ2v) is 9.12. The van der Waals surface area contributed by atoms with E-state index in [1.807, 2.05) is 42.6 Å². The summed E-state index contributed by atoms with van der Waals surface area (Å²) in [5, 5.41) is 8.36. The van der Waals surface area contributed by atoms with Gasteiger partial charge in [0.1, 0.15) is 0 Å². The molecule has 3 aromatic rings. The predicted octanol–water partition coefficient (Wildman–Crippen LogP) is 5.14. The van der Waals surface area contributed by atoms with Crippen LogP contribution in [0.25, 0.3) is 0 Å². The first-order chi connectivity index (χ1) is 15.6. The van der Waals surface area contributed by atoms with E-state index in [9.17, 15) is 9.59 Å². The van der Waals surface area contributed by atoms with Crippen molar-refractivity contribution in [2.24, 2.45) is 0 Å². The minimum Gasteiger partial charge on any atom is -0.362 e. The van der Waals surface area contributed by atoms with Crippen molar-refractivity contribution in [2.75, 3.05) is 5.32 Å². The van der Waals surface area contributed by atoms with Crippen LogP contribution in [0, 0.1) is 0 Å². The van der Waals surface area contributed by atoms with Gasteiger partial charge in [-0.05, 0) is 48.4 Å². The van der Waals surface area contributed by atoms with E-state index in [1.54, 1.807) is 35.9 Å². The first kappa shape index (κ1) is 20.4. The average Bonchev–Trinajstić information content (AvgIpc) is 3.34. The number of hydrogen-bond acceptors (Lipinski definition) is 5. The van der Waals surface area contributed by atoms with Crippen molar-refractivity contribution in [2.45, 2.75) is 31.6 Å². The third kappa shape index (κ3) is 3.78. The molecule has 1 aliphatic carbocycles. The van der Waals surface area contributed by atoms with E-state index in [-0.39, 0.29) is 23.5 Å². The van der Waals surface area contributed by atoms with Gasteiger partial charge in [-0.1, -0.05) is 36.4 Å². The summed E-state index contributed by atoms with van der Waals surface area (Å²) in [7, 11) is 0. The van der Waals surface area contributed by atoms with Crippen LogP contribution in [0.2, 0.25) is 0 Å². The first-order valence-electron chi connectivity index (χ1n) is 10.7. The lowest BCUT2D eigenvalue weighted by Gasteiger charge is -2.36. The summed E-state index contributed by atoms with van der Waals surface area (Å²) in [6, 6.07) is 17.7. The molecule has 1 aliphatic heterocycles. The molecule has 3 heterocycles. The largest absolute Gasteiger partial charge is 0.362 e. The number of carbonyl (C=O) groups is 2. The summed E-state index contributed by atoms with van der Waals surface area (Å²) in [6.45, 7) is 1.92. The predicted molar refractivity (Wildman–Crippen MR) is 126 cm³/mol. The van der Waals surface area contributed by atoms with Crippen molar-refractivity contribution in [3.05, 3.63) is 105 Å². The Morgan fingerprint density at radius 1 is 1.09 bits per heavy atom. The fourth-order valence-electron chi connectivity index (χ4n) is 4.68. The van der Waals surface area contributed by atoms with Crippen molar-refractivity contribution in [3.63, 3.8) is 0 Å². The number of hydrogen-bond donors (Lipinski definition) is 2. The monoisotopic (exact) mass is 441 g/mol. The van der Waals surface area contributed by atoms with Gasteiger partial charge in [-0.15, -0.1) is 11.3 Å². The van der Waals surface area contributed by atoms with Crippen LogP contribution in [0.1, 0.15) is 42.0 Å². The molecule has 0 spiro atoms. The van der Waals surface area contributed by atoms with E-state index >= 15 is 0 Å². The average molecular weight is 442 g/mol. The van der Waals surface area contributed by atoms with Crippen LogP contribution in [0.4, 0.5) is 5.69 Å². The highest BCUT2D eigenvalue weighted by Gasteiger charge is 2.41. The van der Waals surface area contributed by atoms with Crippen LogP contribution in [0.5, 0.6) is 0 Å². The molecule has 0 bridgehead atoms. The van der Waals surface area contributed by atoms with Crippen LogP contribution in [0.15, 0.2) is 94.9 Å². The maximum Gasteiger partial charge on any atom is 0.254 e. The number of benzene rings is 1. The Morgan fingerprint density at radius 3 is 2.66 bits per heavy atom. The van der Waals surface area contributed by atoms with Crippen molar-refractivity contribution in [3.8, 4) is 0 Å². The van der Waals surface area contributed by atoms with E-state index in [0.717, 1.165) is 28.3 Å². The topological polar surface area (TPSA) is 71.1 Å². The summed E-state index contributed by atoms with van der Waals surface area (Å²) in [5.41, 5.74) is 4.82. The lowest BCUT2D eigenvalue weighted by Crippen LogP contribution is -2.36. The molecule has 0 saturated carbocycles. The zero-order chi connectivity index (χ0) is 22.1. The summed E-state index contributed by atoms with van der Waals surface area (Å²) in [5.74, 6) is -0.347. The number of allylic oxidation sites excluding steroid dienone is 3. The number of ketones is 1. The number of carbonyl (C=O) groups excluding carboxylic acids is 2. The summed E-state index contributed by atoms with van der Waals surface area (Å²) < 4.78 is 0. The third-order valence-electron chi connectivity index (χ3n) is 6.09. The Bertz CT molecular complexity index is 1210. The maximum atomic E-state index is 13.5. The van der Waals surface area contributed by atoms with Crippen molar-refractivity contribution < 1.29 is 9.59 Å². The highest BCUT2D eigenvalue weighted by atomic mass is 32.1. The molecule has 5 rings (SSSR count). The minimum absolute atomic E-state index is 0.102. The molecule has 6 heteroatoms. The quantitative estimate of drug-likeness (QED) is 0.588. The fraction of sp³-hybridized carbons (Fsp3) is 0.192. The van der Waals surface area contributed by atoms with Gasteiger partial charge < -0.3 is 10.6 Å². The molecule has 2 aliphatic rings. The number of nitrogens with one attached hydrogen (secondary N) is 2. The molecule has 1 aromatic carbocycles. The molecule has 0 saturated heterocycles. The van der Waals surface area contributed by atoms with Gasteiger partial charge in [-0.25, -0.2) is 0 Å². The number of rotatable bonds is 4. The lowest BCUT2D eigenvalue weighted by molar-refractivity contribution is -0.116. The molecule has 0 fully saturated rings. The van der Waals surface area contributed by atoms with Crippen LogP contribution in [-0.2, 0) is 9.59 Å². The molecule has 1 amide bonds. The van der Waals surface area contributed by atoms with Gasteiger partial charge in [0.2, 0.25) is 0 Å². The molecule has 32 heavy (non-hydrogen) atoms. The molecule has 2 aromatic heterocycles. The number of aromatic nitrogens is 1. The molecular formula is C26H23N3O2S. The molecule has 0 radical (unpaired) electrons. The van der Waals surface area contributed by atoms with E-state index in [2.05, 4.69) is 27.8 Å². The highest BCUT2D eigenvalue weighted by Crippen LogP contribution is 2.46.